The predicted molar refractivity (Wildman–Crippen MR) is 62.9 cm³/mol. The summed E-state index contributed by atoms with van der Waals surface area (Å²) in [4.78, 5) is 25.1. The van der Waals surface area contributed by atoms with E-state index in [1.54, 1.807) is 11.9 Å². The highest BCUT2D eigenvalue weighted by Crippen LogP contribution is 2.15. The third-order valence-electron chi connectivity index (χ3n) is 2.61. The molecule has 1 amide bonds. The molecule has 94 valence electrons. The van der Waals surface area contributed by atoms with Crippen molar-refractivity contribution in [1.29, 1.82) is 0 Å². The third kappa shape index (κ3) is 4.21. The topological polar surface area (TPSA) is 46.6 Å². The third-order valence-corrected chi connectivity index (χ3v) is 2.61. The smallest absolute Gasteiger partial charge is 0.318 e. The van der Waals surface area contributed by atoms with E-state index in [4.69, 9.17) is 0 Å². The summed E-state index contributed by atoms with van der Waals surface area (Å²) in [6.07, 6.45) is 1.98. The first-order valence-electron chi connectivity index (χ1n) is 5.78. The first-order valence-corrected chi connectivity index (χ1v) is 5.78. The first-order chi connectivity index (χ1) is 7.45. The first kappa shape index (κ1) is 14.9. The molecule has 0 aromatic rings. The van der Waals surface area contributed by atoms with Gasteiger partial charge in [-0.1, -0.05) is 27.2 Å². The van der Waals surface area contributed by atoms with Crippen molar-refractivity contribution in [2.75, 3.05) is 20.7 Å². The fourth-order valence-electron chi connectivity index (χ4n) is 1.53. The molecule has 1 atom stereocenters. The Morgan fingerprint density at radius 1 is 1.31 bits per heavy atom. The number of carbonyl (C=O) groups is 2. The molecule has 0 saturated heterocycles. The van der Waals surface area contributed by atoms with Crippen LogP contribution in [0, 0.1) is 11.8 Å². The summed E-state index contributed by atoms with van der Waals surface area (Å²) in [5.41, 5.74) is 0. The van der Waals surface area contributed by atoms with Crippen LogP contribution in [0.2, 0.25) is 0 Å². The second kappa shape index (κ2) is 7.25. The molecule has 0 fully saturated rings. The van der Waals surface area contributed by atoms with Gasteiger partial charge in [0.2, 0.25) is 5.91 Å². The van der Waals surface area contributed by atoms with Gasteiger partial charge in [-0.2, -0.15) is 0 Å². The van der Waals surface area contributed by atoms with Gasteiger partial charge in [0.1, 0.15) is 5.92 Å². The summed E-state index contributed by atoms with van der Waals surface area (Å²) in [5, 5.41) is 0. The molecule has 0 aliphatic carbocycles. The van der Waals surface area contributed by atoms with Crippen molar-refractivity contribution in [2.45, 2.75) is 33.6 Å². The van der Waals surface area contributed by atoms with Crippen LogP contribution in [0.1, 0.15) is 33.6 Å². The number of hydrogen-bond donors (Lipinski definition) is 0. The molecule has 0 spiro atoms. The second-order valence-electron chi connectivity index (χ2n) is 4.36. The summed E-state index contributed by atoms with van der Waals surface area (Å²) in [7, 11) is 3.05. The molecule has 1 unspecified atom stereocenters. The minimum Gasteiger partial charge on any atom is -0.468 e. The molecule has 0 aliphatic heterocycles. The van der Waals surface area contributed by atoms with Crippen LogP contribution in [-0.4, -0.2) is 37.5 Å². The van der Waals surface area contributed by atoms with Gasteiger partial charge in [0.05, 0.1) is 7.11 Å². The summed E-state index contributed by atoms with van der Waals surface area (Å²) < 4.78 is 4.66. The maximum Gasteiger partial charge on any atom is 0.318 e. The maximum atomic E-state index is 12.0. The molecule has 0 bridgehead atoms. The Labute approximate surface area is 98.0 Å². The van der Waals surface area contributed by atoms with Crippen molar-refractivity contribution in [3.63, 3.8) is 0 Å². The van der Waals surface area contributed by atoms with Crippen molar-refractivity contribution in [1.82, 2.24) is 4.90 Å². The lowest BCUT2D eigenvalue weighted by atomic mass is 9.94. The van der Waals surface area contributed by atoms with Crippen LogP contribution in [0.5, 0.6) is 0 Å². The van der Waals surface area contributed by atoms with Crippen molar-refractivity contribution in [2.24, 2.45) is 11.8 Å². The quantitative estimate of drug-likeness (QED) is 0.514. The lowest BCUT2D eigenvalue weighted by Crippen LogP contribution is -2.40. The molecule has 4 heteroatoms. The van der Waals surface area contributed by atoms with Gasteiger partial charge in [-0.15, -0.1) is 0 Å². The van der Waals surface area contributed by atoms with Crippen LogP contribution in [-0.2, 0) is 14.3 Å². The predicted octanol–water partition coefficient (Wildman–Crippen LogP) is 1.69. The molecule has 0 saturated carbocycles. The van der Waals surface area contributed by atoms with E-state index in [2.05, 4.69) is 11.7 Å². The average molecular weight is 229 g/mol. The molecule has 0 aromatic heterocycles. The van der Waals surface area contributed by atoms with Crippen LogP contribution in [0.4, 0.5) is 0 Å². The molecule has 16 heavy (non-hydrogen) atoms. The minimum atomic E-state index is -0.674. The number of nitrogens with zero attached hydrogens (tertiary/aromatic N) is 1. The van der Waals surface area contributed by atoms with E-state index in [1.807, 2.05) is 13.8 Å². The normalized spacial score (nSPS) is 12.4. The van der Waals surface area contributed by atoms with E-state index in [9.17, 15) is 9.59 Å². The van der Waals surface area contributed by atoms with Gasteiger partial charge < -0.3 is 9.64 Å². The summed E-state index contributed by atoms with van der Waals surface area (Å²) >= 11 is 0. The fraction of sp³-hybridized carbons (Fsp3) is 0.833. The van der Waals surface area contributed by atoms with Crippen LogP contribution < -0.4 is 0 Å². The zero-order valence-electron chi connectivity index (χ0n) is 10.9. The van der Waals surface area contributed by atoms with E-state index >= 15 is 0 Å². The second-order valence-corrected chi connectivity index (χ2v) is 4.36. The van der Waals surface area contributed by atoms with E-state index in [1.165, 1.54) is 7.11 Å². The van der Waals surface area contributed by atoms with Crippen LogP contribution in [0.25, 0.3) is 0 Å². The highest BCUT2D eigenvalue weighted by atomic mass is 16.5. The van der Waals surface area contributed by atoms with E-state index in [0.717, 1.165) is 12.8 Å². The Hall–Kier alpha value is -1.06. The van der Waals surface area contributed by atoms with Crippen LogP contribution in [0.3, 0.4) is 0 Å². The molecular formula is C12H23NO3. The van der Waals surface area contributed by atoms with E-state index in [-0.39, 0.29) is 11.8 Å². The van der Waals surface area contributed by atoms with Crippen molar-refractivity contribution >= 4 is 11.9 Å². The lowest BCUT2D eigenvalue weighted by molar-refractivity contribution is -0.155. The highest BCUT2D eigenvalue weighted by molar-refractivity contribution is 5.97. The standard InChI is InChI=1S/C12H23NO3/c1-6-7-8-13(4)11(14)10(9(2)3)12(15)16-5/h9-10H,6-8H2,1-5H3. The number of amides is 1. The number of methoxy groups -OCH3 is 1. The number of unbranched alkanes of at least 4 members (excludes halogenated alkanes) is 1. The molecule has 0 N–H and O–H groups in total. The largest absolute Gasteiger partial charge is 0.468 e. The molecule has 0 aromatic carbocycles. The van der Waals surface area contributed by atoms with Crippen molar-refractivity contribution < 1.29 is 14.3 Å². The van der Waals surface area contributed by atoms with Gasteiger partial charge in [-0.05, 0) is 12.3 Å². The summed E-state index contributed by atoms with van der Waals surface area (Å²) in [6, 6.07) is 0. The van der Waals surface area contributed by atoms with Crippen molar-refractivity contribution in [3.8, 4) is 0 Å². The Bertz CT molecular complexity index is 238. The van der Waals surface area contributed by atoms with Crippen LogP contribution in [0.15, 0.2) is 0 Å². The Kier molecular flexibility index (Phi) is 6.77. The monoisotopic (exact) mass is 229 g/mol. The fourth-order valence-corrected chi connectivity index (χ4v) is 1.53. The minimum absolute atomic E-state index is 0.0379. The molecular weight excluding hydrogens is 206 g/mol. The van der Waals surface area contributed by atoms with Gasteiger partial charge in [-0.25, -0.2) is 0 Å². The van der Waals surface area contributed by atoms with Gasteiger partial charge in [0, 0.05) is 13.6 Å². The molecule has 0 heterocycles. The lowest BCUT2D eigenvalue weighted by Gasteiger charge is -2.24. The molecule has 0 aliphatic rings. The van der Waals surface area contributed by atoms with Crippen molar-refractivity contribution in [3.05, 3.63) is 0 Å². The number of carbonyl (C=O) groups excluding carboxylic acids is 2. The SMILES string of the molecule is CCCCN(C)C(=O)C(C(=O)OC)C(C)C. The zero-order valence-corrected chi connectivity index (χ0v) is 10.9. The molecule has 4 nitrogen and oxygen atoms in total. The molecule has 0 radical (unpaired) electrons. The number of rotatable bonds is 6. The highest BCUT2D eigenvalue weighted by Gasteiger charge is 2.32. The van der Waals surface area contributed by atoms with Gasteiger partial charge in [0.25, 0.3) is 0 Å². The van der Waals surface area contributed by atoms with Gasteiger partial charge >= 0.3 is 5.97 Å². The van der Waals surface area contributed by atoms with E-state index in [0.29, 0.717) is 6.54 Å². The Morgan fingerprint density at radius 2 is 1.88 bits per heavy atom. The van der Waals surface area contributed by atoms with E-state index < -0.39 is 11.9 Å². The number of hydrogen-bond acceptors (Lipinski definition) is 3. The average Bonchev–Trinajstić information content (AvgIpc) is 2.24. The summed E-state index contributed by atoms with van der Waals surface area (Å²) in [5.74, 6) is -1.30. The Morgan fingerprint density at radius 3 is 2.25 bits per heavy atom. The maximum absolute atomic E-state index is 12.0. The van der Waals surface area contributed by atoms with Crippen LogP contribution >= 0.6 is 0 Å². The molecule has 0 rings (SSSR count). The van der Waals surface area contributed by atoms with Gasteiger partial charge in [0.15, 0.2) is 0 Å². The van der Waals surface area contributed by atoms with Gasteiger partial charge in [-0.3, -0.25) is 9.59 Å². The zero-order chi connectivity index (χ0) is 12.7. The summed E-state index contributed by atoms with van der Waals surface area (Å²) in [6.45, 7) is 6.47. The number of esters is 1. The Balaban J connectivity index is 4.55. The number of ether oxygens (including phenoxy) is 1.